The molecule has 0 aromatic carbocycles. The smallest absolute Gasteiger partial charge is 0.340 e. The van der Waals surface area contributed by atoms with Gasteiger partial charge in [-0.3, -0.25) is 4.98 Å². The van der Waals surface area contributed by atoms with E-state index in [2.05, 4.69) is 20.9 Å². The molecule has 88 valence electrons. The summed E-state index contributed by atoms with van der Waals surface area (Å²) >= 11 is 2.98. The molecule has 1 rings (SSSR count). The molecule has 0 fully saturated rings. The maximum atomic E-state index is 12.7. The maximum Gasteiger partial charge on any atom is 0.340 e. The molecule has 0 unspecified atom stereocenters. The lowest BCUT2D eigenvalue weighted by Crippen LogP contribution is -2.09. The minimum atomic E-state index is -2.68. The van der Waals surface area contributed by atoms with Crippen molar-refractivity contribution in [2.45, 2.75) is 20.3 Å². The Kier molecular flexibility index (Phi) is 4.35. The Morgan fingerprint density at radius 1 is 1.62 bits per heavy atom. The number of nitrogens with zero attached hydrogens (tertiary/aromatic N) is 1. The van der Waals surface area contributed by atoms with E-state index >= 15 is 0 Å². The molecule has 1 heterocycles. The average Bonchev–Trinajstić information content (AvgIpc) is 2.17. The molecule has 3 nitrogen and oxygen atoms in total. The van der Waals surface area contributed by atoms with Gasteiger partial charge in [0.05, 0.1) is 17.7 Å². The first-order chi connectivity index (χ1) is 7.49. The van der Waals surface area contributed by atoms with Crippen molar-refractivity contribution in [3.05, 3.63) is 27.5 Å². The summed E-state index contributed by atoms with van der Waals surface area (Å²) in [5, 5.41) is 0. The van der Waals surface area contributed by atoms with Crippen molar-refractivity contribution < 1.29 is 18.3 Å². The van der Waals surface area contributed by atoms with Crippen LogP contribution in [0, 0.1) is 6.92 Å². The van der Waals surface area contributed by atoms with Crippen molar-refractivity contribution in [1.82, 2.24) is 4.98 Å². The third-order valence-corrected chi connectivity index (χ3v) is 2.82. The van der Waals surface area contributed by atoms with E-state index in [1.165, 1.54) is 13.1 Å². The van der Waals surface area contributed by atoms with Gasteiger partial charge in [-0.2, -0.15) is 0 Å². The number of hydrogen-bond donors (Lipinski definition) is 0. The van der Waals surface area contributed by atoms with Crippen LogP contribution in [0.25, 0.3) is 0 Å². The predicted octanol–water partition coefficient (Wildman–Crippen LogP) is 3.27. The van der Waals surface area contributed by atoms with Crippen molar-refractivity contribution >= 4 is 21.9 Å². The van der Waals surface area contributed by atoms with Gasteiger partial charge in [0, 0.05) is 16.4 Å². The number of carbonyl (C=O) groups excluding carboxylic acids is 1. The third-order valence-electron chi connectivity index (χ3n) is 1.96. The number of hydrogen-bond acceptors (Lipinski definition) is 3. The summed E-state index contributed by atoms with van der Waals surface area (Å²) in [5.41, 5.74) is -0.0665. The molecule has 1 aromatic heterocycles. The monoisotopic (exact) mass is 293 g/mol. The number of pyridine rings is 1. The third kappa shape index (κ3) is 2.55. The number of ether oxygens (including phenoxy) is 1. The molecule has 0 radical (unpaired) electrons. The Hall–Kier alpha value is -1.04. The summed E-state index contributed by atoms with van der Waals surface area (Å²) in [7, 11) is 0. The quantitative estimate of drug-likeness (QED) is 0.803. The summed E-state index contributed by atoms with van der Waals surface area (Å²) in [5.74, 6) is -0.663. The van der Waals surface area contributed by atoms with E-state index in [1.807, 2.05) is 0 Å². The Morgan fingerprint density at radius 3 is 2.75 bits per heavy atom. The van der Waals surface area contributed by atoms with E-state index in [1.54, 1.807) is 6.92 Å². The summed E-state index contributed by atoms with van der Waals surface area (Å²) < 4.78 is 30.2. The van der Waals surface area contributed by atoms with Crippen molar-refractivity contribution in [3.8, 4) is 0 Å². The summed E-state index contributed by atoms with van der Waals surface area (Å²) in [6.45, 7) is 3.28. The molecule has 0 aliphatic heterocycles. The van der Waals surface area contributed by atoms with Gasteiger partial charge >= 0.3 is 5.97 Å². The zero-order chi connectivity index (χ0) is 12.3. The fourth-order valence-corrected chi connectivity index (χ4v) is 1.92. The number of rotatable bonds is 3. The second kappa shape index (κ2) is 5.34. The van der Waals surface area contributed by atoms with Crippen LogP contribution in [0.1, 0.15) is 35.0 Å². The molecule has 0 aliphatic rings. The molecule has 0 atom stereocenters. The summed E-state index contributed by atoms with van der Waals surface area (Å²) in [6, 6.07) is 0. The first-order valence-corrected chi connectivity index (χ1v) is 5.38. The zero-order valence-corrected chi connectivity index (χ0v) is 10.3. The van der Waals surface area contributed by atoms with E-state index in [0.717, 1.165) is 0 Å². The molecule has 0 amide bonds. The first kappa shape index (κ1) is 13.0. The average molecular weight is 294 g/mol. The van der Waals surface area contributed by atoms with E-state index in [9.17, 15) is 13.6 Å². The standard InChI is InChI=1S/C10H10BrF2NO2/c1-3-16-10(15)6-4-14-5(2)7(8(6)11)9(12)13/h4,9H,3H2,1-2H3. The van der Waals surface area contributed by atoms with Crippen molar-refractivity contribution in [2.75, 3.05) is 6.61 Å². The minimum Gasteiger partial charge on any atom is -0.462 e. The predicted molar refractivity (Wildman–Crippen MR) is 57.6 cm³/mol. The molecular formula is C10H10BrF2NO2. The highest BCUT2D eigenvalue weighted by Gasteiger charge is 2.22. The highest BCUT2D eigenvalue weighted by Crippen LogP contribution is 2.32. The maximum absolute atomic E-state index is 12.7. The van der Waals surface area contributed by atoms with Crippen LogP contribution in [0.4, 0.5) is 8.78 Å². The van der Waals surface area contributed by atoms with Gasteiger partial charge in [-0.25, -0.2) is 13.6 Å². The molecule has 0 saturated carbocycles. The second-order valence-electron chi connectivity index (χ2n) is 3.01. The molecule has 0 saturated heterocycles. The van der Waals surface area contributed by atoms with Crippen LogP contribution in [0.15, 0.2) is 10.7 Å². The zero-order valence-electron chi connectivity index (χ0n) is 8.76. The lowest BCUT2D eigenvalue weighted by atomic mass is 10.1. The number of halogens is 3. The summed E-state index contributed by atoms with van der Waals surface area (Å²) in [4.78, 5) is 15.2. The van der Waals surface area contributed by atoms with Crippen LogP contribution in [0.3, 0.4) is 0 Å². The normalized spacial score (nSPS) is 10.6. The Labute approximate surface area is 99.9 Å². The topological polar surface area (TPSA) is 39.2 Å². The highest BCUT2D eigenvalue weighted by atomic mass is 79.9. The van der Waals surface area contributed by atoms with Gasteiger partial charge in [-0.15, -0.1) is 0 Å². The van der Waals surface area contributed by atoms with E-state index < -0.39 is 12.4 Å². The Bertz CT molecular complexity index is 410. The SMILES string of the molecule is CCOC(=O)c1cnc(C)c(C(F)F)c1Br. The van der Waals surface area contributed by atoms with Crippen LogP contribution < -0.4 is 0 Å². The lowest BCUT2D eigenvalue weighted by molar-refractivity contribution is 0.0524. The number of aryl methyl sites for hydroxylation is 1. The first-order valence-electron chi connectivity index (χ1n) is 4.59. The fraction of sp³-hybridized carbons (Fsp3) is 0.400. The van der Waals surface area contributed by atoms with Gasteiger partial charge in [-0.05, 0) is 29.8 Å². The number of aromatic nitrogens is 1. The summed E-state index contributed by atoms with van der Waals surface area (Å²) in [6.07, 6.45) is -1.46. The molecule has 1 aromatic rings. The van der Waals surface area contributed by atoms with E-state index in [0.29, 0.717) is 0 Å². The fourth-order valence-electron chi connectivity index (χ4n) is 1.20. The van der Waals surface area contributed by atoms with Crippen LogP contribution in [-0.4, -0.2) is 17.6 Å². The molecule has 0 N–H and O–H groups in total. The molecule has 0 bridgehead atoms. The lowest BCUT2D eigenvalue weighted by Gasteiger charge is -2.10. The van der Waals surface area contributed by atoms with Gasteiger partial charge in [0.15, 0.2) is 0 Å². The van der Waals surface area contributed by atoms with Crippen LogP contribution in [0.2, 0.25) is 0 Å². The minimum absolute atomic E-state index is 0.0164. The van der Waals surface area contributed by atoms with Gasteiger partial charge in [0.1, 0.15) is 0 Å². The van der Waals surface area contributed by atoms with Crippen molar-refractivity contribution in [1.29, 1.82) is 0 Å². The largest absolute Gasteiger partial charge is 0.462 e. The molecule has 16 heavy (non-hydrogen) atoms. The van der Waals surface area contributed by atoms with Gasteiger partial charge in [-0.1, -0.05) is 0 Å². The van der Waals surface area contributed by atoms with Crippen LogP contribution in [0.5, 0.6) is 0 Å². The molecule has 6 heteroatoms. The molecular weight excluding hydrogens is 284 g/mol. The molecule has 0 aliphatic carbocycles. The number of esters is 1. The van der Waals surface area contributed by atoms with E-state index in [4.69, 9.17) is 4.74 Å². The van der Waals surface area contributed by atoms with Crippen LogP contribution in [-0.2, 0) is 4.74 Å². The highest BCUT2D eigenvalue weighted by molar-refractivity contribution is 9.10. The Morgan fingerprint density at radius 2 is 2.25 bits per heavy atom. The van der Waals surface area contributed by atoms with Gasteiger partial charge in [0.25, 0.3) is 6.43 Å². The van der Waals surface area contributed by atoms with Crippen LogP contribution >= 0.6 is 15.9 Å². The Balaban J connectivity index is 3.23. The van der Waals surface area contributed by atoms with Gasteiger partial charge in [0.2, 0.25) is 0 Å². The molecule has 0 spiro atoms. The second-order valence-corrected chi connectivity index (χ2v) is 3.80. The van der Waals surface area contributed by atoms with Crippen molar-refractivity contribution in [2.24, 2.45) is 0 Å². The van der Waals surface area contributed by atoms with Gasteiger partial charge < -0.3 is 4.74 Å². The number of alkyl halides is 2. The van der Waals surface area contributed by atoms with E-state index in [-0.39, 0.29) is 27.9 Å². The number of carbonyl (C=O) groups is 1. The van der Waals surface area contributed by atoms with Crippen molar-refractivity contribution in [3.63, 3.8) is 0 Å².